The summed E-state index contributed by atoms with van der Waals surface area (Å²) in [4.78, 5) is 2.32. The average Bonchev–Trinajstić information content (AvgIpc) is 2.79. The van der Waals surface area contributed by atoms with Gasteiger partial charge in [0.05, 0.1) is 11.7 Å². The third kappa shape index (κ3) is 2.13. The van der Waals surface area contributed by atoms with Crippen molar-refractivity contribution in [2.24, 2.45) is 5.92 Å². The first-order chi connectivity index (χ1) is 8.19. The predicted molar refractivity (Wildman–Crippen MR) is 66.7 cm³/mol. The van der Waals surface area contributed by atoms with Crippen LogP contribution in [-0.4, -0.2) is 45.9 Å². The van der Waals surface area contributed by atoms with E-state index in [4.69, 9.17) is 0 Å². The monoisotopic (exact) mass is 239 g/mol. The van der Waals surface area contributed by atoms with Gasteiger partial charge in [-0.3, -0.25) is 4.90 Å². The molecule has 98 valence electrons. The maximum atomic E-state index is 10.6. The Balaban J connectivity index is 1.55. The quantitative estimate of drug-likeness (QED) is 0.768. The van der Waals surface area contributed by atoms with Gasteiger partial charge >= 0.3 is 0 Å². The van der Waals surface area contributed by atoms with E-state index >= 15 is 0 Å². The molecule has 1 saturated heterocycles. The van der Waals surface area contributed by atoms with Gasteiger partial charge in [0, 0.05) is 19.1 Å². The summed E-state index contributed by atoms with van der Waals surface area (Å²) in [5, 5.41) is 20.6. The van der Waals surface area contributed by atoms with Crippen molar-refractivity contribution in [3.05, 3.63) is 0 Å². The summed E-state index contributed by atoms with van der Waals surface area (Å²) in [5.41, 5.74) is -0.423. The van der Waals surface area contributed by atoms with Crippen molar-refractivity contribution < 1.29 is 10.2 Å². The van der Waals surface area contributed by atoms with Crippen LogP contribution >= 0.6 is 0 Å². The summed E-state index contributed by atoms with van der Waals surface area (Å²) in [6.07, 6.45) is 9.30. The maximum Gasteiger partial charge on any atom is 0.0928 e. The third-order valence-electron chi connectivity index (χ3n) is 5.23. The minimum absolute atomic E-state index is 0.156. The van der Waals surface area contributed by atoms with Crippen molar-refractivity contribution in [2.75, 3.05) is 13.1 Å². The Kier molecular flexibility index (Phi) is 3.18. The second-order valence-electron chi connectivity index (χ2n) is 6.41. The molecular formula is C14H25NO2. The standard InChI is InChI=1S/C14H25NO2/c16-13-8-4-3-7-12(13)15-9-14(17,10-15)11-5-1-2-6-11/h11-13,16-17H,1-10H2. The first-order valence-corrected chi connectivity index (χ1v) is 7.33. The molecule has 0 aromatic carbocycles. The molecule has 2 N–H and O–H groups in total. The number of hydrogen-bond acceptors (Lipinski definition) is 3. The van der Waals surface area contributed by atoms with Gasteiger partial charge in [-0.1, -0.05) is 25.7 Å². The number of aliphatic hydroxyl groups is 2. The van der Waals surface area contributed by atoms with E-state index in [1.165, 1.54) is 38.5 Å². The molecule has 2 saturated carbocycles. The Morgan fingerprint density at radius 2 is 1.47 bits per heavy atom. The number of aliphatic hydroxyl groups excluding tert-OH is 1. The fourth-order valence-corrected chi connectivity index (χ4v) is 4.13. The van der Waals surface area contributed by atoms with E-state index < -0.39 is 5.60 Å². The summed E-state index contributed by atoms with van der Waals surface area (Å²) in [7, 11) is 0. The molecule has 0 spiro atoms. The highest BCUT2D eigenvalue weighted by molar-refractivity contribution is 5.04. The van der Waals surface area contributed by atoms with Crippen LogP contribution < -0.4 is 0 Å². The van der Waals surface area contributed by atoms with Gasteiger partial charge in [-0.25, -0.2) is 0 Å². The average molecular weight is 239 g/mol. The fourth-order valence-electron chi connectivity index (χ4n) is 4.13. The normalized spacial score (nSPS) is 39.2. The highest BCUT2D eigenvalue weighted by atomic mass is 16.3. The predicted octanol–water partition coefficient (Wildman–Crippen LogP) is 1.53. The zero-order valence-electron chi connectivity index (χ0n) is 10.6. The first-order valence-electron chi connectivity index (χ1n) is 7.33. The van der Waals surface area contributed by atoms with Crippen LogP contribution in [0.3, 0.4) is 0 Å². The molecule has 3 heteroatoms. The lowest BCUT2D eigenvalue weighted by Gasteiger charge is -2.54. The number of likely N-dealkylation sites (tertiary alicyclic amines) is 1. The number of nitrogens with zero attached hydrogens (tertiary/aromatic N) is 1. The van der Waals surface area contributed by atoms with Crippen molar-refractivity contribution in [1.82, 2.24) is 4.90 Å². The molecule has 2 aliphatic carbocycles. The third-order valence-corrected chi connectivity index (χ3v) is 5.23. The van der Waals surface area contributed by atoms with E-state index in [1.807, 2.05) is 0 Å². The number of β-amino-alcohol motifs (C(OH)–C–C–N with tert-alkyl or cyclic N) is 1. The summed E-state index contributed by atoms with van der Waals surface area (Å²) in [6, 6.07) is 0.324. The maximum absolute atomic E-state index is 10.6. The van der Waals surface area contributed by atoms with Crippen LogP contribution in [0.2, 0.25) is 0 Å². The second-order valence-corrected chi connectivity index (χ2v) is 6.41. The number of hydrogen-bond donors (Lipinski definition) is 2. The van der Waals surface area contributed by atoms with Crippen molar-refractivity contribution in [3.63, 3.8) is 0 Å². The van der Waals surface area contributed by atoms with Crippen molar-refractivity contribution in [2.45, 2.75) is 69.1 Å². The van der Waals surface area contributed by atoms with E-state index in [-0.39, 0.29) is 6.10 Å². The summed E-state index contributed by atoms with van der Waals surface area (Å²) in [5.74, 6) is 0.527. The molecule has 0 bridgehead atoms. The largest absolute Gasteiger partial charge is 0.391 e. The van der Waals surface area contributed by atoms with Crippen molar-refractivity contribution in [3.8, 4) is 0 Å². The molecule has 1 heterocycles. The molecule has 0 aromatic heterocycles. The van der Waals surface area contributed by atoms with E-state index in [9.17, 15) is 10.2 Å². The lowest BCUT2D eigenvalue weighted by atomic mass is 9.77. The fraction of sp³-hybridized carbons (Fsp3) is 1.00. The van der Waals surface area contributed by atoms with Gasteiger partial charge in [0.1, 0.15) is 0 Å². The van der Waals surface area contributed by atoms with Gasteiger partial charge < -0.3 is 10.2 Å². The van der Waals surface area contributed by atoms with E-state index in [0.29, 0.717) is 12.0 Å². The summed E-state index contributed by atoms with van der Waals surface area (Å²) < 4.78 is 0. The molecule has 3 nitrogen and oxygen atoms in total. The van der Waals surface area contributed by atoms with Crippen LogP contribution in [0.1, 0.15) is 51.4 Å². The minimum atomic E-state index is -0.423. The lowest BCUT2D eigenvalue weighted by molar-refractivity contribution is -0.166. The summed E-state index contributed by atoms with van der Waals surface area (Å²) >= 11 is 0. The Hall–Kier alpha value is -0.120. The van der Waals surface area contributed by atoms with E-state index in [0.717, 1.165) is 25.9 Å². The zero-order chi connectivity index (χ0) is 11.9. The molecule has 3 rings (SSSR count). The smallest absolute Gasteiger partial charge is 0.0928 e. The first kappa shape index (κ1) is 11.9. The van der Waals surface area contributed by atoms with Crippen LogP contribution in [0.15, 0.2) is 0 Å². The van der Waals surface area contributed by atoms with Gasteiger partial charge in [-0.05, 0) is 31.6 Å². The van der Waals surface area contributed by atoms with Crippen LogP contribution in [-0.2, 0) is 0 Å². The Morgan fingerprint density at radius 1 is 0.882 bits per heavy atom. The van der Waals surface area contributed by atoms with Crippen LogP contribution in [0.4, 0.5) is 0 Å². The van der Waals surface area contributed by atoms with E-state index in [2.05, 4.69) is 4.90 Å². The van der Waals surface area contributed by atoms with Crippen LogP contribution in [0.5, 0.6) is 0 Å². The molecule has 3 fully saturated rings. The van der Waals surface area contributed by atoms with E-state index in [1.54, 1.807) is 0 Å². The van der Waals surface area contributed by atoms with Crippen LogP contribution in [0.25, 0.3) is 0 Å². The molecule has 0 amide bonds. The van der Waals surface area contributed by atoms with Crippen molar-refractivity contribution >= 4 is 0 Å². The molecular weight excluding hydrogens is 214 g/mol. The number of rotatable bonds is 2. The van der Waals surface area contributed by atoms with Crippen LogP contribution in [0, 0.1) is 5.92 Å². The molecule has 0 radical (unpaired) electrons. The molecule has 2 unspecified atom stereocenters. The minimum Gasteiger partial charge on any atom is -0.391 e. The zero-order valence-corrected chi connectivity index (χ0v) is 10.6. The molecule has 17 heavy (non-hydrogen) atoms. The van der Waals surface area contributed by atoms with Gasteiger partial charge in [0.2, 0.25) is 0 Å². The Morgan fingerprint density at radius 3 is 2.12 bits per heavy atom. The topological polar surface area (TPSA) is 43.7 Å². The molecule has 1 aliphatic heterocycles. The highest BCUT2D eigenvalue weighted by Crippen LogP contribution is 2.41. The van der Waals surface area contributed by atoms with Gasteiger partial charge in [0.25, 0.3) is 0 Å². The SMILES string of the molecule is OC1CCCCC1N1CC(O)(C2CCCC2)C1. The van der Waals surface area contributed by atoms with Gasteiger partial charge in [-0.2, -0.15) is 0 Å². The highest BCUT2D eigenvalue weighted by Gasteiger charge is 2.50. The van der Waals surface area contributed by atoms with Gasteiger partial charge in [0.15, 0.2) is 0 Å². The molecule has 0 aromatic rings. The second kappa shape index (κ2) is 4.52. The van der Waals surface area contributed by atoms with Gasteiger partial charge in [-0.15, -0.1) is 0 Å². The molecule has 3 aliphatic rings. The summed E-state index contributed by atoms with van der Waals surface area (Å²) in [6.45, 7) is 1.61. The molecule has 2 atom stereocenters. The lowest BCUT2D eigenvalue weighted by Crippen LogP contribution is -2.69. The Bertz CT molecular complexity index is 269. The Labute approximate surface area is 104 Å². The van der Waals surface area contributed by atoms with Crippen molar-refractivity contribution in [1.29, 1.82) is 0 Å².